The first kappa shape index (κ1) is 13.0. The average molecular weight is 312 g/mol. The van der Waals surface area contributed by atoms with E-state index in [1.54, 1.807) is 0 Å². The van der Waals surface area contributed by atoms with Gasteiger partial charge in [-0.15, -0.1) is 0 Å². The SMILES string of the molecule is N#Cc1cc(C(F)F)c(Br)c(S(N)(=O)=O)n1. The van der Waals surface area contributed by atoms with Gasteiger partial charge in [-0.05, 0) is 22.0 Å². The second-order valence-electron chi connectivity index (χ2n) is 2.67. The number of aromatic nitrogens is 1. The maximum Gasteiger partial charge on any atom is 0.265 e. The van der Waals surface area contributed by atoms with Gasteiger partial charge in [0.05, 0.1) is 4.47 Å². The molecule has 0 amide bonds. The molecule has 0 saturated carbocycles. The summed E-state index contributed by atoms with van der Waals surface area (Å²) in [6.07, 6.45) is -2.94. The van der Waals surface area contributed by atoms with E-state index in [4.69, 9.17) is 10.4 Å². The van der Waals surface area contributed by atoms with Gasteiger partial charge in [-0.25, -0.2) is 27.3 Å². The molecular weight excluding hydrogens is 308 g/mol. The first-order valence-corrected chi connectivity index (χ1v) is 6.02. The van der Waals surface area contributed by atoms with Crippen LogP contribution >= 0.6 is 15.9 Å². The molecule has 0 bridgehead atoms. The van der Waals surface area contributed by atoms with Crippen molar-refractivity contribution in [1.82, 2.24) is 4.98 Å². The number of halogens is 3. The predicted octanol–water partition coefficient (Wildman–Crippen LogP) is 1.30. The Morgan fingerprint density at radius 3 is 2.50 bits per heavy atom. The van der Waals surface area contributed by atoms with Gasteiger partial charge in [0.15, 0.2) is 5.03 Å². The molecule has 0 spiro atoms. The average Bonchev–Trinajstić information content (AvgIpc) is 2.15. The van der Waals surface area contributed by atoms with Crippen LogP contribution in [0.15, 0.2) is 15.6 Å². The first-order chi connectivity index (χ1) is 7.27. The Labute approximate surface area is 98.1 Å². The van der Waals surface area contributed by atoms with Gasteiger partial charge in [0.25, 0.3) is 16.4 Å². The van der Waals surface area contributed by atoms with Crippen LogP contribution in [0.3, 0.4) is 0 Å². The number of nitrogens with two attached hydrogens (primary N) is 1. The van der Waals surface area contributed by atoms with Crippen LogP contribution in [0.1, 0.15) is 17.7 Å². The van der Waals surface area contributed by atoms with Crippen LogP contribution in [0.2, 0.25) is 0 Å². The molecule has 1 aromatic rings. The molecule has 0 aliphatic rings. The normalized spacial score (nSPS) is 11.5. The number of nitriles is 1. The van der Waals surface area contributed by atoms with Crippen LogP contribution in [0, 0.1) is 11.3 Å². The van der Waals surface area contributed by atoms with Gasteiger partial charge >= 0.3 is 0 Å². The fourth-order valence-corrected chi connectivity index (χ4v) is 2.58. The summed E-state index contributed by atoms with van der Waals surface area (Å²) in [7, 11) is -4.26. The van der Waals surface area contributed by atoms with Crippen molar-refractivity contribution < 1.29 is 17.2 Å². The third kappa shape index (κ3) is 2.52. The highest BCUT2D eigenvalue weighted by Crippen LogP contribution is 2.31. The molecule has 16 heavy (non-hydrogen) atoms. The molecule has 0 saturated heterocycles. The summed E-state index contributed by atoms with van der Waals surface area (Å²) >= 11 is 2.67. The Hall–Kier alpha value is -1.11. The molecule has 1 rings (SSSR count). The first-order valence-electron chi connectivity index (χ1n) is 3.69. The molecule has 1 aromatic heterocycles. The molecule has 0 aromatic carbocycles. The number of sulfonamides is 1. The molecule has 5 nitrogen and oxygen atoms in total. The summed E-state index contributed by atoms with van der Waals surface area (Å²) < 4.78 is 46.6. The number of rotatable bonds is 2. The molecule has 0 radical (unpaired) electrons. The number of primary sulfonamides is 1. The number of hydrogen-bond donors (Lipinski definition) is 1. The lowest BCUT2D eigenvalue weighted by Gasteiger charge is -2.07. The van der Waals surface area contributed by atoms with Gasteiger partial charge in [-0.3, -0.25) is 0 Å². The smallest absolute Gasteiger partial charge is 0.223 e. The van der Waals surface area contributed by atoms with Gasteiger partial charge < -0.3 is 0 Å². The van der Waals surface area contributed by atoms with Crippen LogP contribution in [0.4, 0.5) is 8.78 Å². The Morgan fingerprint density at radius 1 is 1.56 bits per heavy atom. The zero-order valence-corrected chi connectivity index (χ0v) is 9.89. The monoisotopic (exact) mass is 311 g/mol. The molecule has 86 valence electrons. The third-order valence-electron chi connectivity index (χ3n) is 1.57. The van der Waals surface area contributed by atoms with Crippen molar-refractivity contribution in [2.75, 3.05) is 0 Å². The molecule has 1 heterocycles. The maximum absolute atomic E-state index is 12.5. The summed E-state index contributed by atoms with van der Waals surface area (Å²) in [4.78, 5) is 3.35. The topological polar surface area (TPSA) is 96.8 Å². The number of hydrogen-bond acceptors (Lipinski definition) is 4. The van der Waals surface area contributed by atoms with Crippen LogP contribution < -0.4 is 5.14 Å². The van der Waals surface area contributed by atoms with Crippen molar-refractivity contribution in [1.29, 1.82) is 5.26 Å². The van der Waals surface area contributed by atoms with Gasteiger partial charge in [0.1, 0.15) is 11.8 Å². The number of pyridine rings is 1. The van der Waals surface area contributed by atoms with Crippen molar-refractivity contribution in [3.8, 4) is 6.07 Å². The maximum atomic E-state index is 12.5. The number of alkyl halides is 2. The quantitative estimate of drug-likeness (QED) is 0.890. The zero-order chi connectivity index (χ0) is 12.5. The van der Waals surface area contributed by atoms with Gasteiger partial charge in [0.2, 0.25) is 0 Å². The van der Waals surface area contributed by atoms with E-state index in [2.05, 4.69) is 20.9 Å². The molecule has 0 aliphatic heterocycles. The van der Waals surface area contributed by atoms with Crippen molar-refractivity contribution in [3.63, 3.8) is 0 Å². The Kier molecular flexibility index (Phi) is 3.57. The molecule has 2 N–H and O–H groups in total. The Bertz CT molecular complexity index is 568. The van der Waals surface area contributed by atoms with Crippen LogP contribution in [-0.2, 0) is 10.0 Å². The molecule has 0 fully saturated rings. The Balaban J connectivity index is 3.65. The lowest BCUT2D eigenvalue weighted by molar-refractivity contribution is 0.150. The highest BCUT2D eigenvalue weighted by atomic mass is 79.9. The molecule has 9 heteroatoms. The number of nitrogens with zero attached hydrogens (tertiary/aromatic N) is 2. The van der Waals surface area contributed by atoms with Gasteiger partial charge in [-0.1, -0.05) is 0 Å². The second-order valence-corrected chi connectivity index (χ2v) is 4.94. The van der Waals surface area contributed by atoms with Crippen molar-refractivity contribution in [2.45, 2.75) is 11.5 Å². The third-order valence-corrected chi connectivity index (χ3v) is 3.50. The van der Waals surface area contributed by atoms with Crippen molar-refractivity contribution in [2.24, 2.45) is 5.14 Å². The summed E-state index contributed by atoms with van der Waals surface area (Å²) in [5.74, 6) is 0. The zero-order valence-electron chi connectivity index (χ0n) is 7.49. The van der Waals surface area contributed by atoms with Crippen LogP contribution in [0.5, 0.6) is 0 Å². The van der Waals surface area contributed by atoms with Crippen LogP contribution in [-0.4, -0.2) is 13.4 Å². The minimum absolute atomic E-state index is 0.427. The standard InChI is InChI=1S/C7H4BrF2N3O2S/c8-5-4(6(9)10)1-3(2-11)13-7(5)16(12,14)15/h1,6H,(H2,12,14,15). The molecular formula is C7H4BrF2N3O2S. The Morgan fingerprint density at radius 2 is 2.12 bits per heavy atom. The predicted molar refractivity (Wildman–Crippen MR) is 53.0 cm³/mol. The lowest BCUT2D eigenvalue weighted by atomic mass is 10.2. The van der Waals surface area contributed by atoms with Gasteiger partial charge in [-0.2, -0.15) is 5.26 Å². The van der Waals surface area contributed by atoms with E-state index in [9.17, 15) is 17.2 Å². The summed E-state index contributed by atoms with van der Waals surface area (Å²) in [5, 5.41) is 12.5. The second kappa shape index (κ2) is 4.40. The van der Waals surface area contributed by atoms with Gasteiger partial charge in [0, 0.05) is 5.56 Å². The van der Waals surface area contributed by atoms with E-state index in [-0.39, 0.29) is 0 Å². The largest absolute Gasteiger partial charge is 0.265 e. The van der Waals surface area contributed by atoms with E-state index in [0.29, 0.717) is 0 Å². The summed E-state index contributed by atoms with van der Waals surface area (Å²) in [5.41, 5.74) is -1.09. The minimum Gasteiger partial charge on any atom is -0.223 e. The van der Waals surface area contributed by atoms with E-state index >= 15 is 0 Å². The van der Waals surface area contributed by atoms with E-state index in [0.717, 1.165) is 6.07 Å². The highest BCUT2D eigenvalue weighted by molar-refractivity contribution is 9.10. The van der Waals surface area contributed by atoms with E-state index in [1.165, 1.54) is 6.07 Å². The lowest BCUT2D eigenvalue weighted by Crippen LogP contribution is -2.16. The van der Waals surface area contributed by atoms with E-state index in [1.807, 2.05) is 0 Å². The van der Waals surface area contributed by atoms with Crippen molar-refractivity contribution >= 4 is 26.0 Å². The minimum atomic E-state index is -4.26. The molecule has 0 atom stereocenters. The van der Waals surface area contributed by atoms with Crippen LogP contribution in [0.25, 0.3) is 0 Å². The summed E-state index contributed by atoms with van der Waals surface area (Å²) in [6, 6.07) is 2.27. The fourth-order valence-electron chi connectivity index (χ4n) is 0.929. The molecule has 0 aliphatic carbocycles. The van der Waals surface area contributed by atoms with E-state index < -0.39 is 37.2 Å². The summed E-state index contributed by atoms with van der Waals surface area (Å²) in [6.45, 7) is 0. The fraction of sp³-hybridized carbons (Fsp3) is 0.143. The highest BCUT2D eigenvalue weighted by Gasteiger charge is 2.23. The van der Waals surface area contributed by atoms with Crippen molar-refractivity contribution in [3.05, 3.63) is 21.8 Å². The molecule has 0 unspecified atom stereocenters.